The van der Waals surface area contributed by atoms with Gasteiger partial charge in [0.2, 0.25) is 0 Å². The van der Waals surface area contributed by atoms with Crippen LogP contribution in [0.5, 0.6) is 0 Å². The number of fused-ring (bicyclic) bond motifs is 1. The maximum absolute atomic E-state index is 13.2. The zero-order valence-corrected chi connectivity index (χ0v) is 17.8. The van der Waals surface area contributed by atoms with Crippen LogP contribution < -0.4 is 16.4 Å². The van der Waals surface area contributed by atoms with E-state index < -0.39 is 11.1 Å². The molecule has 0 bridgehead atoms. The molecule has 2 N–H and O–H groups in total. The molecule has 0 aliphatic heterocycles. The molecule has 164 valence electrons. The Hall–Kier alpha value is -4.01. The smallest absolute Gasteiger partial charge is 0.316 e. The van der Waals surface area contributed by atoms with E-state index in [9.17, 15) is 18.8 Å². The summed E-state index contributed by atoms with van der Waals surface area (Å²) >= 11 is 0. The second-order valence-electron chi connectivity index (χ2n) is 7.50. The zero-order valence-electron chi connectivity index (χ0n) is 17.8. The van der Waals surface area contributed by atoms with E-state index in [1.54, 1.807) is 48.1 Å². The second-order valence-corrected chi connectivity index (χ2v) is 7.50. The van der Waals surface area contributed by atoms with E-state index in [1.807, 2.05) is 13.8 Å². The highest BCUT2D eigenvalue weighted by Gasteiger charge is 2.18. The van der Waals surface area contributed by atoms with Crippen LogP contribution >= 0.6 is 0 Å². The SMILES string of the molecule is CCn1c(=O)c(=O)[nH]c2cc(C(=O)NC(C)c3cnn(-c4ccc(F)cc4)c3C)ccc21. The molecule has 32 heavy (non-hydrogen) atoms. The highest BCUT2D eigenvalue weighted by atomic mass is 19.1. The van der Waals surface area contributed by atoms with Crippen molar-refractivity contribution in [2.75, 3.05) is 0 Å². The van der Waals surface area contributed by atoms with Gasteiger partial charge in [0, 0.05) is 23.4 Å². The number of carbonyl (C=O) groups is 1. The second kappa shape index (κ2) is 8.26. The number of benzene rings is 2. The van der Waals surface area contributed by atoms with Gasteiger partial charge >= 0.3 is 11.1 Å². The Balaban J connectivity index is 1.60. The third-order valence-electron chi connectivity index (χ3n) is 5.49. The van der Waals surface area contributed by atoms with Crippen molar-refractivity contribution in [2.45, 2.75) is 33.4 Å². The molecule has 0 radical (unpaired) electrons. The lowest BCUT2D eigenvalue weighted by atomic mass is 10.1. The summed E-state index contributed by atoms with van der Waals surface area (Å²) < 4.78 is 16.3. The molecule has 0 saturated carbocycles. The van der Waals surface area contributed by atoms with E-state index in [-0.39, 0.29) is 17.8 Å². The summed E-state index contributed by atoms with van der Waals surface area (Å²) in [7, 11) is 0. The van der Waals surface area contributed by atoms with Crippen molar-refractivity contribution in [3.05, 3.63) is 92.0 Å². The molecule has 0 aliphatic rings. The molecular formula is C23H22FN5O3. The number of nitrogens with one attached hydrogen (secondary N) is 2. The Bertz CT molecular complexity index is 1430. The van der Waals surface area contributed by atoms with Crippen molar-refractivity contribution in [1.29, 1.82) is 0 Å². The predicted octanol–water partition coefficient (Wildman–Crippen LogP) is 2.83. The monoisotopic (exact) mass is 435 g/mol. The van der Waals surface area contributed by atoms with Crippen LogP contribution in [0.2, 0.25) is 0 Å². The fourth-order valence-electron chi connectivity index (χ4n) is 3.78. The first-order valence-corrected chi connectivity index (χ1v) is 10.2. The van der Waals surface area contributed by atoms with Crippen molar-refractivity contribution in [3.63, 3.8) is 0 Å². The first-order valence-electron chi connectivity index (χ1n) is 10.2. The lowest BCUT2D eigenvalue weighted by Gasteiger charge is -2.15. The van der Waals surface area contributed by atoms with Crippen LogP contribution in [0, 0.1) is 12.7 Å². The van der Waals surface area contributed by atoms with Gasteiger partial charge in [-0.1, -0.05) is 0 Å². The summed E-state index contributed by atoms with van der Waals surface area (Å²) in [6, 6.07) is 10.5. The number of aryl methyl sites for hydroxylation is 1. The van der Waals surface area contributed by atoms with E-state index >= 15 is 0 Å². The highest BCUT2D eigenvalue weighted by Crippen LogP contribution is 2.21. The molecular weight excluding hydrogens is 413 g/mol. The molecule has 2 aromatic heterocycles. The number of carbonyl (C=O) groups excluding carboxylic acids is 1. The number of H-pyrrole nitrogens is 1. The molecule has 2 heterocycles. The molecule has 0 saturated heterocycles. The Morgan fingerprint density at radius 3 is 2.59 bits per heavy atom. The minimum absolute atomic E-state index is 0.327. The van der Waals surface area contributed by atoms with Gasteiger partial charge in [-0.05, 0) is 63.2 Å². The van der Waals surface area contributed by atoms with Crippen molar-refractivity contribution >= 4 is 16.9 Å². The van der Waals surface area contributed by atoms with Gasteiger partial charge in [0.15, 0.2) is 0 Å². The molecule has 0 aliphatic carbocycles. The van der Waals surface area contributed by atoms with Crippen LogP contribution in [-0.4, -0.2) is 25.2 Å². The zero-order chi connectivity index (χ0) is 23.0. The van der Waals surface area contributed by atoms with Crippen molar-refractivity contribution in [1.82, 2.24) is 24.6 Å². The summed E-state index contributed by atoms with van der Waals surface area (Å²) in [5, 5.41) is 7.30. The first kappa shape index (κ1) is 21.2. The van der Waals surface area contributed by atoms with Crippen molar-refractivity contribution in [3.8, 4) is 5.69 Å². The maximum Gasteiger partial charge on any atom is 0.316 e. The van der Waals surface area contributed by atoms with Gasteiger partial charge in [-0.2, -0.15) is 5.10 Å². The predicted molar refractivity (Wildman–Crippen MR) is 119 cm³/mol. The standard InChI is InChI=1S/C23H22FN5O3/c1-4-28-20-10-5-15(11-19(20)27-22(31)23(28)32)21(30)26-13(2)18-12-25-29(14(18)3)17-8-6-16(24)7-9-17/h5-13H,4H2,1-3H3,(H,26,30)(H,27,31). The van der Waals surface area contributed by atoms with Crippen LogP contribution in [0.4, 0.5) is 4.39 Å². The van der Waals surface area contributed by atoms with Gasteiger partial charge in [0.05, 0.1) is 29.0 Å². The Labute approximate surface area is 182 Å². The summed E-state index contributed by atoms with van der Waals surface area (Å²) in [6.07, 6.45) is 1.67. The van der Waals surface area contributed by atoms with Crippen molar-refractivity contribution < 1.29 is 9.18 Å². The van der Waals surface area contributed by atoms with E-state index in [0.717, 1.165) is 11.3 Å². The first-order chi connectivity index (χ1) is 15.3. The molecule has 2 aromatic carbocycles. The van der Waals surface area contributed by atoms with E-state index in [0.29, 0.717) is 28.8 Å². The van der Waals surface area contributed by atoms with Gasteiger partial charge in [0.1, 0.15) is 5.82 Å². The third-order valence-corrected chi connectivity index (χ3v) is 5.49. The summed E-state index contributed by atoms with van der Waals surface area (Å²) in [5.41, 5.74) is 2.32. The fraction of sp³-hybridized carbons (Fsp3) is 0.217. The average molecular weight is 435 g/mol. The van der Waals surface area contributed by atoms with Crippen molar-refractivity contribution in [2.24, 2.45) is 0 Å². The number of hydrogen-bond donors (Lipinski definition) is 2. The van der Waals surface area contributed by atoms with E-state index in [4.69, 9.17) is 0 Å². The Morgan fingerprint density at radius 2 is 1.91 bits per heavy atom. The molecule has 4 rings (SSSR count). The van der Waals surface area contributed by atoms with Crippen LogP contribution in [0.25, 0.3) is 16.7 Å². The van der Waals surface area contributed by atoms with Crippen LogP contribution in [0.1, 0.15) is 41.5 Å². The molecule has 1 atom stereocenters. The van der Waals surface area contributed by atoms with Gasteiger partial charge in [-0.3, -0.25) is 14.4 Å². The van der Waals surface area contributed by atoms with Crippen LogP contribution in [-0.2, 0) is 6.54 Å². The largest absolute Gasteiger partial charge is 0.345 e. The van der Waals surface area contributed by atoms with E-state index in [1.165, 1.54) is 16.7 Å². The number of amides is 1. The Morgan fingerprint density at radius 1 is 1.19 bits per heavy atom. The number of halogens is 1. The minimum atomic E-state index is -0.728. The minimum Gasteiger partial charge on any atom is -0.345 e. The molecule has 1 amide bonds. The van der Waals surface area contributed by atoms with Gasteiger partial charge < -0.3 is 14.9 Å². The molecule has 0 fully saturated rings. The molecule has 1 unspecified atom stereocenters. The number of hydrogen-bond acceptors (Lipinski definition) is 4. The summed E-state index contributed by atoms with van der Waals surface area (Å²) in [5.74, 6) is -0.657. The topological polar surface area (TPSA) is 102 Å². The van der Waals surface area contributed by atoms with E-state index in [2.05, 4.69) is 15.4 Å². The van der Waals surface area contributed by atoms with Crippen LogP contribution in [0.15, 0.2) is 58.3 Å². The van der Waals surface area contributed by atoms with Crippen LogP contribution in [0.3, 0.4) is 0 Å². The lowest BCUT2D eigenvalue weighted by molar-refractivity contribution is 0.0940. The molecule has 8 nitrogen and oxygen atoms in total. The fourth-order valence-corrected chi connectivity index (χ4v) is 3.78. The highest BCUT2D eigenvalue weighted by molar-refractivity contribution is 5.97. The maximum atomic E-state index is 13.2. The normalized spacial score (nSPS) is 12.1. The summed E-state index contributed by atoms with van der Waals surface area (Å²) in [6.45, 7) is 5.84. The van der Waals surface area contributed by atoms with Gasteiger partial charge in [-0.25, -0.2) is 9.07 Å². The third kappa shape index (κ3) is 3.73. The summed E-state index contributed by atoms with van der Waals surface area (Å²) in [4.78, 5) is 39.3. The number of aromatic amines is 1. The quantitative estimate of drug-likeness (QED) is 0.471. The average Bonchev–Trinajstić information content (AvgIpc) is 3.16. The van der Waals surface area contributed by atoms with Gasteiger partial charge in [0.25, 0.3) is 5.91 Å². The molecule has 9 heteroatoms. The number of rotatable bonds is 5. The molecule has 4 aromatic rings. The lowest BCUT2D eigenvalue weighted by Crippen LogP contribution is -2.36. The Kier molecular flexibility index (Phi) is 5.48. The number of aromatic nitrogens is 4. The number of nitrogens with zero attached hydrogens (tertiary/aromatic N) is 3. The van der Waals surface area contributed by atoms with Gasteiger partial charge in [-0.15, -0.1) is 0 Å². The molecule has 0 spiro atoms.